The van der Waals surface area contributed by atoms with Crippen LogP contribution in [0.5, 0.6) is 0 Å². The summed E-state index contributed by atoms with van der Waals surface area (Å²) in [6.07, 6.45) is 5.28. The van der Waals surface area contributed by atoms with Crippen molar-refractivity contribution in [2.45, 2.75) is 33.6 Å². The van der Waals surface area contributed by atoms with Gasteiger partial charge < -0.3 is 30.6 Å². The summed E-state index contributed by atoms with van der Waals surface area (Å²) < 4.78 is 0. The Morgan fingerprint density at radius 3 is 1.31 bits per heavy atom. The van der Waals surface area contributed by atoms with Gasteiger partial charge in [-0.2, -0.15) is 0 Å². The van der Waals surface area contributed by atoms with Crippen molar-refractivity contribution in [2.75, 3.05) is 19.8 Å². The maximum absolute atomic E-state index is 9.60. The van der Waals surface area contributed by atoms with Gasteiger partial charge in [0.2, 0.25) is 0 Å². The summed E-state index contributed by atoms with van der Waals surface area (Å²) in [5.74, 6) is -2.81. The molecule has 9 nitrogen and oxygen atoms in total. The summed E-state index contributed by atoms with van der Waals surface area (Å²) in [6.45, 7) is 13.2. The molecule has 0 saturated heterocycles. The molecule has 6 N–H and O–H groups in total. The Balaban J connectivity index is -0.000000468. The molecule has 1 aromatic rings. The molecule has 0 aliphatic rings. The molecule has 9 heteroatoms. The molecule has 0 fully saturated rings. The minimum Gasteiger partial charge on any atom is -0.478 e. The summed E-state index contributed by atoms with van der Waals surface area (Å²) in [6, 6.07) is 9.92. The molecule has 0 spiro atoms. The van der Waals surface area contributed by atoms with Crippen molar-refractivity contribution < 1.29 is 45.0 Å². The molecule has 0 aromatic heterocycles. The number of hydrogen-bond donors (Lipinski definition) is 6. The monoisotopic (exact) mass is 494 g/mol. The third kappa shape index (κ3) is 22.0. The van der Waals surface area contributed by atoms with E-state index in [0.717, 1.165) is 12.0 Å². The topological polar surface area (TPSA) is 173 Å². The van der Waals surface area contributed by atoms with Crippen LogP contribution in [0, 0.1) is 5.41 Å². The molecule has 0 radical (unpaired) electrons. The molecule has 1 aromatic carbocycles. The molecule has 0 aliphatic carbocycles. The van der Waals surface area contributed by atoms with Gasteiger partial charge >= 0.3 is 17.9 Å². The number of benzene rings is 1. The SMILES string of the molecule is C=C(C)C(=O)O.C=C(C)C(=O)O.C=C(C)C(=O)O.OCC(CO)(CO)CCC=Cc1ccccc1. The molecule has 1 rings (SSSR count). The standard InChI is InChI=1S/C14H20O3.3C4H6O2/c15-10-14(11-16,12-17)9-5-4-8-13-6-2-1-3-7-13;3*1-3(2)4(5)6/h1-4,6-8,15-17H,5,9-12H2;3*1H2,2H3,(H,5,6). The van der Waals surface area contributed by atoms with Gasteiger partial charge in [-0.05, 0) is 39.2 Å². The highest BCUT2D eigenvalue weighted by Crippen LogP contribution is 2.22. The molecule has 0 atom stereocenters. The third-order valence-electron chi connectivity index (χ3n) is 4.05. The van der Waals surface area contributed by atoms with Crippen LogP contribution in [-0.4, -0.2) is 68.4 Å². The highest BCUT2D eigenvalue weighted by molar-refractivity contribution is 5.85. The minimum atomic E-state index is -0.935. The molecule has 0 unspecified atom stereocenters. The lowest BCUT2D eigenvalue weighted by Crippen LogP contribution is -2.33. The van der Waals surface area contributed by atoms with E-state index in [1.165, 1.54) is 20.8 Å². The average molecular weight is 495 g/mol. The lowest BCUT2D eigenvalue weighted by Gasteiger charge is -2.26. The van der Waals surface area contributed by atoms with Crippen LogP contribution in [0.4, 0.5) is 0 Å². The van der Waals surface area contributed by atoms with Crippen LogP contribution < -0.4 is 0 Å². The predicted molar refractivity (Wildman–Crippen MR) is 136 cm³/mol. The number of rotatable bonds is 10. The maximum Gasteiger partial charge on any atom is 0.330 e. The zero-order valence-electron chi connectivity index (χ0n) is 20.6. The molecule has 0 saturated carbocycles. The van der Waals surface area contributed by atoms with E-state index in [4.69, 9.17) is 30.6 Å². The van der Waals surface area contributed by atoms with Crippen molar-refractivity contribution in [2.24, 2.45) is 5.41 Å². The number of allylic oxidation sites excluding steroid dienone is 1. The van der Waals surface area contributed by atoms with Gasteiger partial charge in [-0.25, -0.2) is 14.4 Å². The largest absolute Gasteiger partial charge is 0.478 e. The number of aliphatic carboxylic acids is 3. The van der Waals surface area contributed by atoms with E-state index in [0.29, 0.717) is 6.42 Å². The number of carbonyl (C=O) groups is 3. The number of aliphatic hydroxyl groups is 3. The van der Waals surface area contributed by atoms with E-state index < -0.39 is 23.3 Å². The van der Waals surface area contributed by atoms with Gasteiger partial charge in [-0.3, -0.25) is 0 Å². The summed E-state index contributed by atoms with van der Waals surface area (Å²) in [5, 5.41) is 51.1. The summed E-state index contributed by atoms with van der Waals surface area (Å²) in [5.41, 5.74) is 0.885. The van der Waals surface area contributed by atoms with Gasteiger partial charge in [0.05, 0.1) is 19.8 Å². The number of carboxylic acid groups (broad SMARTS) is 3. The lowest BCUT2D eigenvalue weighted by molar-refractivity contribution is -0.133. The second-order valence-electron chi connectivity index (χ2n) is 7.58. The molecule has 35 heavy (non-hydrogen) atoms. The second-order valence-corrected chi connectivity index (χ2v) is 7.58. The third-order valence-corrected chi connectivity index (χ3v) is 4.05. The number of hydrogen-bond acceptors (Lipinski definition) is 6. The van der Waals surface area contributed by atoms with Crippen LogP contribution >= 0.6 is 0 Å². The first-order valence-electron chi connectivity index (χ1n) is 10.4. The average Bonchev–Trinajstić information content (AvgIpc) is 2.81. The van der Waals surface area contributed by atoms with Crippen LogP contribution in [0.2, 0.25) is 0 Å². The van der Waals surface area contributed by atoms with Gasteiger partial charge in [0.15, 0.2) is 0 Å². The van der Waals surface area contributed by atoms with E-state index in [1.807, 2.05) is 42.5 Å². The second kappa shape index (κ2) is 21.0. The first-order valence-corrected chi connectivity index (χ1v) is 10.4. The quantitative estimate of drug-likeness (QED) is 0.267. The molecule has 0 bridgehead atoms. The zero-order valence-corrected chi connectivity index (χ0v) is 20.6. The van der Waals surface area contributed by atoms with E-state index in [9.17, 15) is 14.4 Å². The zero-order chi connectivity index (χ0) is 28.0. The van der Waals surface area contributed by atoms with Crippen molar-refractivity contribution >= 4 is 24.0 Å². The van der Waals surface area contributed by atoms with Crippen molar-refractivity contribution in [3.8, 4) is 0 Å². The number of aliphatic hydroxyl groups excluding tert-OH is 3. The van der Waals surface area contributed by atoms with Crippen LogP contribution in [-0.2, 0) is 14.4 Å². The molecular weight excluding hydrogens is 456 g/mol. The van der Waals surface area contributed by atoms with Crippen molar-refractivity contribution in [1.29, 1.82) is 0 Å². The Morgan fingerprint density at radius 2 is 1.06 bits per heavy atom. The van der Waals surface area contributed by atoms with Crippen LogP contribution in [0.15, 0.2) is 72.9 Å². The molecular formula is C26H38O9. The first kappa shape index (κ1) is 36.0. The molecule has 196 valence electrons. The van der Waals surface area contributed by atoms with Gasteiger partial charge in [0, 0.05) is 22.1 Å². The van der Waals surface area contributed by atoms with Crippen LogP contribution in [0.25, 0.3) is 6.08 Å². The lowest BCUT2D eigenvalue weighted by atomic mass is 9.86. The van der Waals surface area contributed by atoms with Crippen LogP contribution in [0.1, 0.15) is 39.2 Å². The fraction of sp³-hybridized carbons (Fsp3) is 0.346. The first-order chi connectivity index (χ1) is 16.2. The Kier molecular flexibility index (Phi) is 21.7. The maximum atomic E-state index is 9.60. The molecule has 0 amide bonds. The minimum absolute atomic E-state index is 0.176. The predicted octanol–water partition coefficient (Wildman–Crippen LogP) is 3.38. The summed E-state index contributed by atoms with van der Waals surface area (Å²) in [7, 11) is 0. The van der Waals surface area contributed by atoms with Gasteiger partial charge in [0.1, 0.15) is 0 Å². The van der Waals surface area contributed by atoms with Crippen molar-refractivity contribution in [3.63, 3.8) is 0 Å². The molecule has 0 heterocycles. The van der Waals surface area contributed by atoms with Gasteiger partial charge in [0.25, 0.3) is 0 Å². The van der Waals surface area contributed by atoms with E-state index in [1.54, 1.807) is 0 Å². The Morgan fingerprint density at radius 1 is 0.743 bits per heavy atom. The summed E-state index contributed by atoms with van der Waals surface area (Å²) >= 11 is 0. The van der Waals surface area contributed by atoms with Crippen LogP contribution in [0.3, 0.4) is 0 Å². The highest BCUT2D eigenvalue weighted by Gasteiger charge is 2.26. The van der Waals surface area contributed by atoms with E-state index in [-0.39, 0.29) is 36.5 Å². The smallest absolute Gasteiger partial charge is 0.330 e. The molecule has 0 aliphatic heterocycles. The van der Waals surface area contributed by atoms with Crippen molar-refractivity contribution in [3.05, 3.63) is 78.4 Å². The van der Waals surface area contributed by atoms with Crippen molar-refractivity contribution in [1.82, 2.24) is 0 Å². The Hall–Kier alpha value is -3.53. The van der Waals surface area contributed by atoms with E-state index >= 15 is 0 Å². The van der Waals surface area contributed by atoms with E-state index in [2.05, 4.69) is 19.7 Å². The number of carboxylic acids is 3. The summed E-state index contributed by atoms with van der Waals surface area (Å²) in [4.78, 5) is 28.8. The fourth-order valence-electron chi connectivity index (χ4n) is 1.56. The normalized spacial score (nSPS) is 9.77. The fourth-order valence-corrected chi connectivity index (χ4v) is 1.56. The Labute approximate surface area is 206 Å². The Bertz CT molecular complexity index is 734. The highest BCUT2D eigenvalue weighted by atomic mass is 16.4. The van der Waals surface area contributed by atoms with Gasteiger partial charge in [-0.1, -0.05) is 62.2 Å². The van der Waals surface area contributed by atoms with Gasteiger partial charge in [-0.15, -0.1) is 0 Å².